The summed E-state index contributed by atoms with van der Waals surface area (Å²) in [6, 6.07) is 0. The summed E-state index contributed by atoms with van der Waals surface area (Å²) in [6.45, 7) is 1.45. The summed E-state index contributed by atoms with van der Waals surface area (Å²) in [5.41, 5.74) is 0. The summed E-state index contributed by atoms with van der Waals surface area (Å²) in [5.74, 6) is -0.0664. The van der Waals surface area contributed by atoms with E-state index in [-0.39, 0.29) is 18.1 Å². The molecule has 3 nitrogen and oxygen atoms in total. The molecule has 0 rings (SSSR count). The van der Waals surface area contributed by atoms with E-state index in [9.17, 15) is 13.2 Å². The van der Waals surface area contributed by atoms with Gasteiger partial charge in [0, 0.05) is 12.3 Å². The van der Waals surface area contributed by atoms with Crippen molar-refractivity contribution in [3.63, 3.8) is 0 Å². The van der Waals surface area contributed by atoms with Crippen molar-refractivity contribution < 1.29 is 13.2 Å². The molecule has 0 saturated carbocycles. The van der Waals surface area contributed by atoms with Gasteiger partial charge in [0.25, 0.3) is 0 Å². The van der Waals surface area contributed by atoms with E-state index in [0.717, 1.165) is 0 Å². The topological polar surface area (TPSA) is 51.2 Å². The van der Waals surface area contributed by atoms with Crippen molar-refractivity contribution >= 4 is 38.3 Å². The molecule has 1 atom stereocenters. The van der Waals surface area contributed by atoms with Crippen LogP contribution in [-0.4, -0.2) is 30.5 Å². The lowest BCUT2D eigenvalue weighted by atomic mass is 10.4. The first-order valence-corrected chi connectivity index (χ1v) is 5.99. The van der Waals surface area contributed by atoms with Crippen LogP contribution in [0.2, 0.25) is 0 Å². The highest BCUT2D eigenvalue weighted by Gasteiger charge is 2.21. The molecular formula is C6H10Cl2O3S. The first-order chi connectivity index (χ1) is 5.40. The maximum absolute atomic E-state index is 11.2. The van der Waals surface area contributed by atoms with Gasteiger partial charge < -0.3 is 0 Å². The number of carbonyl (C=O) groups excluding carboxylic acids is 1. The quantitative estimate of drug-likeness (QED) is 0.529. The molecule has 0 aliphatic heterocycles. The van der Waals surface area contributed by atoms with Crippen LogP contribution in [0.15, 0.2) is 0 Å². The molecule has 0 amide bonds. The average Bonchev–Trinajstić information content (AvgIpc) is 1.85. The van der Waals surface area contributed by atoms with E-state index in [1.54, 1.807) is 0 Å². The van der Waals surface area contributed by atoms with Gasteiger partial charge in [-0.05, 0) is 18.5 Å². The minimum Gasteiger partial charge on any atom is -0.281 e. The molecule has 0 aliphatic carbocycles. The molecule has 12 heavy (non-hydrogen) atoms. The maximum atomic E-state index is 11.2. The number of alkyl halides is 1. The van der Waals surface area contributed by atoms with Crippen LogP contribution in [-0.2, 0) is 14.6 Å². The van der Waals surface area contributed by atoms with Gasteiger partial charge in [-0.1, -0.05) is 0 Å². The van der Waals surface area contributed by atoms with Gasteiger partial charge in [0.05, 0.1) is 11.0 Å². The Morgan fingerprint density at radius 2 is 2.00 bits per heavy atom. The third-order valence-corrected chi connectivity index (χ3v) is 4.16. The predicted octanol–water partition coefficient (Wildman–Crippen LogP) is 1.18. The van der Waals surface area contributed by atoms with E-state index in [4.69, 9.17) is 23.2 Å². The van der Waals surface area contributed by atoms with Crippen molar-refractivity contribution in [2.75, 3.05) is 11.6 Å². The van der Waals surface area contributed by atoms with Crippen LogP contribution in [0.3, 0.4) is 0 Å². The monoisotopic (exact) mass is 232 g/mol. The van der Waals surface area contributed by atoms with Gasteiger partial charge >= 0.3 is 0 Å². The molecule has 0 saturated heterocycles. The standard InChI is InChI=1S/C6H10Cl2O3S/c1-5(4-6(8)9)12(10,11)3-2-7/h5H,2-4H2,1H3. The van der Waals surface area contributed by atoms with E-state index in [1.807, 2.05) is 0 Å². The Labute approximate surface area is 82.0 Å². The molecule has 0 aromatic rings. The highest BCUT2D eigenvalue weighted by Crippen LogP contribution is 2.08. The van der Waals surface area contributed by atoms with E-state index >= 15 is 0 Å². The van der Waals surface area contributed by atoms with Crippen LogP contribution in [0, 0.1) is 0 Å². The van der Waals surface area contributed by atoms with Gasteiger partial charge in [0.2, 0.25) is 5.24 Å². The van der Waals surface area contributed by atoms with Crippen molar-refractivity contribution in [1.29, 1.82) is 0 Å². The molecule has 1 unspecified atom stereocenters. The molecule has 0 fully saturated rings. The average molecular weight is 233 g/mol. The second-order valence-corrected chi connectivity index (χ2v) is 5.76. The van der Waals surface area contributed by atoms with Crippen LogP contribution >= 0.6 is 23.2 Å². The summed E-state index contributed by atoms with van der Waals surface area (Å²) in [6.07, 6.45) is -0.152. The largest absolute Gasteiger partial charge is 0.281 e. The maximum Gasteiger partial charge on any atom is 0.222 e. The third-order valence-electron chi connectivity index (χ3n) is 1.42. The molecule has 0 radical (unpaired) electrons. The molecular weight excluding hydrogens is 223 g/mol. The van der Waals surface area contributed by atoms with Crippen LogP contribution in [0.5, 0.6) is 0 Å². The zero-order chi connectivity index (χ0) is 9.78. The van der Waals surface area contributed by atoms with Crippen LogP contribution in [0.4, 0.5) is 0 Å². The highest BCUT2D eigenvalue weighted by molar-refractivity contribution is 7.92. The summed E-state index contributed by atoms with van der Waals surface area (Å²) in [7, 11) is -3.24. The Balaban J connectivity index is 4.26. The second-order valence-electron chi connectivity index (χ2n) is 2.43. The minimum absolute atomic E-state index is 0.0448. The van der Waals surface area contributed by atoms with E-state index in [1.165, 1.54) is 6.92 Å². The first-order valence-electron chi connectivity index (χ1n) is 3.36. The number of rotatable bonds is 5. The van der Waals surface area contributed by atoms with E-state index in [2.05, 4.69) is 0 Å². The molecule has 0 aromatic heterocycles. The van der Waals surface area contributed by atoms with Crippen molar-refractivity contribution in [3.05, 3.63) is 0 Å². The Morgan fingerprint density at radius 1 is 1.50 bits per heavy atom. The fourth-order valence-corrected chi connectivity index (χ4v) is 2.65. The number of hydrogen-bond acceptors (Lipinski definition) is 3. The van der Waals surface area contributed by atoms with Gasteiger partial charge in [-0.25, -0.2) is 8.42 Å². The van der Waals surface area contributed by atoms with Crippen molar-refractivity contribution in [2.24, 2.45) is 0 Å². The minimum atomic E-state index is -3.24. The fourth-order valence-electron chi connectivity index (χ4n) is 0.662. The Morgan fingerprint density at radius 3 is 2.33 bits per heavy atom. The van der Waals surface area contributed by atoms with Crippen LogP contribution < -0.4 is 0 Å². The van der Waals surface area contributed by atoms with E-state index < -0.39 is 20.3 Å². The molecule has 6 heteroatoms. The third kappa shape index (κ3) is 4.28. The molecule has 0 aliphatic rings. The Kier molecular flexibility index (Phi) is 5.13. The molecule has 0 aromatic carbocycles. The second kappa shape index (κ2) is 5.04. The number of carbonyl (C=O) groups is 1. The molecule has 0 bridgehead atoms. The normalized spacial score (nSPS) is 14.2. The lowest BCUT2D eigenvalue weighted by Gasteiger charge is -2.08. The van der Waals surface area contributed by atoms with Gasteiger partial charge in [0.1, 0.15) is 0 Å². The van der Waals surface area contributed by atoms with Crippen LogP contribution in [0.1, 0.15) is 13.3 Å². The number of hydrogen-bond donors (Lipinski definition) is 0. The summed E-state index contributed by atoms with van der Waals surface area (Å²) >= 11 is 10.3. The predicted molar refractivity (Wildman–Crippen MR) is 49.4 cm³/mol. The highest BCUT2D eigenvalue weighted by atomic mass is 35.5. The smallest absolute Gasteiger partial charge is 0.222 e. The summed E-state index contributed by atoms with van der Waals surface area (Å²) < 4.78 is 22.3. The zero-order valence-corrected chi connectivity index (χ0v) is 8.92. The van der Waals surface area contributed by atoms with Crippen molar-refractivity contribution in [1.82, 2.24) is 0 Å². The summed E-state index contributed by atoms with van der Waals surface area (Å²) in [4.78, 5) is 10.4. The van der Waals surface area contributed by atoms with Crippen molar-refractivity contribution in [3.8, 4) is 0 Å². The SMILES string of the molecule is CC(CC(=O)Cl)S(=O)(=O)CCCl. The van der Waals surface area contributed by atoms with Crippen LogP contribution in [0.25, 0.3) is 0 Å². The van der Waals surface area contributed by atoms with Crippen molar-refractivity contribution in [2.45, 2.75) is 18.6 Å². The molecule has 0 N–H and O–H groups in total. The Hall–Kier alpha value is 0.200. The van der Waals surface area contributed by atoms with E-state index in [0.29, 0.717) is 0 Å². The fraction of sp³-hybridized carbons (Fsp3) is 0.833. The van der Waals surface area contributed by atoms with Gasteiger partial charge in [0.15, 0.2) is 9.84 Å². The number of halogens is 2. The number of sulfone groups is 1. The molecule has 72 valence electrons. The van der Waals surface area contributed by atoms with Gasteiger partial charge in [-0.15, -0.1) is 11.6 Å². The van der Waals surface area contributed by atoms with Gasteiger partial charge in [-0.2, -0.15) is 0 Å². The summed E-state index contributed by atoms with van der Waals surface area (Å²) in [5, 5.41) is -1.37. The molecule has 0 heterocycles. The lowest BCUT2D eigenvalue weighted by molar-refractivity contribution is -0.111. The zero-order valence-electron chi connectivity index (χ0n) is 6.59. The Bertz CT molecular complexity index is 248. The molecule has 0 spiro atoms. The first kappa shape index (κ1) is 12.2. The lowest BCUT2D eigenvalue weighted by Crippen LogP contribution is -2.23. The van der Waals surface area contributed by atoms with Gasteiger partial charge in [-0.3, -0.25) is 4.79 Å².